The van der Waals surface area contributed by atoms with Gasteiger partial charge in [0.1, 0.15) is 11.3 Å². The zero-order valence-corrected chi connectivity index (χ0v) is 17.0. The zero-order chi connectivity index (χ0) is 20.6. The molecule has 4 rings (SSSR count). The fraction of sp³-hybridized carbons (Fsp3) is 0.550. The number of amides is 2. The van der Waals surface area contributed by atoms with Gasteiger partial charge in [0.05, 0.1) is 12.6 Å². The second kappa shape index (κ2) is 7.46. The van der Waals surface area contributed by atoms with Crippen molar-refractivity contribution in [1.29, 1.82) is 0 Å². The summed E-state index contributed by atoms with van der Waals surface area (Å²) in [5.41, 5.74) is -0.0994. The predicted molar refractivity (Wildman–Crippen MR) is 104 cm³/mol. The van der Waals surface area contributed by atoms with Crippen LogP contribution in [0.25, 0.3) is 0 Å². The summed E-state index contributed by atoms with van der Waals surface area (Å²) in [5, 5.41) is 8.70. The number of pyridine rings is 1. The van der Waals surface area contributed by atoms with E-state index in [4.69, 9.17) is 4.74 Å². The van der Waals surface area contributed by atoms with E-state index in [-0.39, 0.29) is 18.0 Å². The molecule has 2 amide bonds. The number of hydrogen-bond donors (Lipinski definition) is 0. The summed E-state index contributed by atoms with van der Waals surface area (Å²) in [6.45, 7) is 7.68. The zero-order valence-electron chi connectivity index (χ0n) is 17.0. The molecular formula is C20H26N6O3. The highest BCUT2D eigenvalue weighted by Gasteiger charge is 2.37. The third-order valence-corrected chi connectivity index (χ3v) is 5.13. The second-order valence-corrected chi connectivity index (χ2v) is 8.40. The Morgan fingerprint density at radius 2 is 1.97 bits per heavy atom. The molecule has 1 fully saturated rings. The Morgan fingerprint density at radius 1 is 1.14 bits per heavy atom. The number of aromatic nitrogens is 4. The van der Waals surface area contributed by atoms with Crippen LogP contribution >= 0.6 is 0 Å². The summed E-state index contributed by atoms with van der Waals surface area (Å²) in [4.78, 5) is 33.0. The first-order chi connectivity index (χ1) is 13.8. The number of fused-ring (bicyclic) bond motifs is 1. The molecule has 9 heteroatoms. The molecular weight excluding hydrogens is 372 g/mol. The first-order valence-electron chi connectivity index (χ1n) is 9.95. The van der Waals surface area contributed by atoms with Gasteiger partial charge in [0.2, 0.25) is 0 Å². The third-order valence-electron chi connectivity index (χ3n) is 5.13. The fourth-order valence-electron chi connectivity index (χ4n) is 3.82. The number of nitrogens with zero attached hydrogens (tertiary/aromatic N) is 6. The third kappa shape index (κ3) is 3.94. The molecule has 0 N–H and O–H groups in total. The Kier molecular flexibility index (Phi) is 4.97. The van der Waals surface area contributed by atoms with Gasteiger partial charge < -0.3 is 14.2 Å². The van der Waals surface area contributed by atoms with Crippen LogP contribution in [-0.2, 0) is 17.8 Å². The van der Waals surface area contributed by atoms with Crippen LogP contribution in [-0.4, -0.2) is 60.2 Å². The van der Waals surface area contributed by atoms with Crippen molar-refractivity contribution < 1.29 is 14.3 Å². The number of carbonyl (C=O) groups excluding carboxylic acids is 2. The van der Waals surface area contributed by atoms with Gasteiger partial charge in [0, 0.05) is 25.8 Å². The second-order valence-electron chi connectivity index (χ2n) is 8.40. The maximum absolute atomic E-state index is 12.9. The minimum Gasteiger partial charge on any atom is -0.444 e. The maximum atomic E-state index is 12.9. The average Bonchev–Trinajstić information content (AvgIpc) is 3.32. The van der Waals surface area contributed by atoms with Crippen LogP contribution in [0.5, 0.6) is 0 Å². The maximum Gasteiger partial charge on any atom is 0.410 e. The summed E-state index contributed by atoms with van der Waals surface area (Å²) in [5.74, 6) is 1.41. The van der Waals surface area contributed by atoms with E-state index in [0.29, 0.717) is 37.7 Å². The van der Waals surface area contributed by atoms with Gasteiger partial charge in [-0.25, -0.2) is 4.79 Å². The molecule has 4 heterocycles. The molecule has 0 aromatic carbocycles. The van der Waals surface area contributed by atoms with E-state index >= 15 is 0 Å². The quantitative estimate of drug-likeness (QED) is 0.771. The largest absolute Gasteiger partial charge is 0.444 e. The van der Waals surface area contributed by atoms with Gasteiger partial charge >= 0.3 is 6.09 Å². The SMILES string of the molecule is CC(C)(C)OC(=O)N1CCn2c(nnc2[C@@H]2CCCN2C(=O)c2ccccn2)C1. The van der Waals surface area contributed by atoms with Gasteiger partial charge in [0.25, 0.3) is 5.91 Å². The van der Waals surface area contributed by atoms with Crippen LogP contribution in [0.3, 0.4) is 0 Å². The molecule has 9 nitrogen and oxygen atoms in total. The molecule has 1 saturated heterocycles. The van der Waals surface area contributed by atoms with Crippen LogP contribution in [0.1, 0.15) is 61.8 Å². The first kappa shape index (κ1) is 19.4. The van der Waals surface area contributed by atoms with Crippen molar-refractivity contribution in [3.8, 4) is 0 Å². The van der Waals surface area contributed by atoms with E-state index in [2.05, 4.69) is 15.2 Å². The Hall–Kier alpha value is -2.97. The van der Waals surface area contributed by atoms with Gasteiger partial charge in [0.15, 0.2) is 11.6 Å². The predicted octanol–water partition coefficient (Wildman–Crippen LogP) is 2.40. The Balaban J connectivity index is 1.52. The summed E-state index contributed by atoms with van der Waals surface area (Å²) in [6.07, 6.45) is 3.03. The molecule has 0 spiro atoms. The van der Waals surface area contributed by atoms with Crippen molar-refractivity contribution in [3.05, 3.63) is 41.7 Å². The van der Waals surface area contributed by atoms with Crippen LogP contribution in [0.15, 0.2) is 24.4 Å². The highest BCUT2D eigenvalue weighted by Crippen LogP contribution is 2.33. The fourth-order valence-corrected chi connectivity index (χ4v) is 3.82. The Labute approximate surface area is 169 Å². The van der Waals surface area contributed by atoms with E-state index in [0.717, 1.165) is 18.7 Å². The summed E-state index contributed by atoms with van der Waals surface area (Å²) >= 11 is 0. The van der Waals surface area contributed by atoms with Crippen molar-refractivity contribution in [2.24, 2.45) is 0 Å². The highest BCUT2D eigenvalue weighted by molar-refractivity contribution is 5.92. The summed E-state index contributed by atoms with van der Waals surface area (Å²) < 4.78 is 7.50. The number of hydrogen-bond acceptors (Lipinski definition) is 6. The molecule has 0 saturated carbocycles. The van der Waals surface area contributed by atoms with Gasteiger partial charge in [-0.05, 0) is 45.7 Å². The normalized spacial score (nSPS) is 19.2. The Bertz CT molecular complexity index is 905. The van der Waals surface area contributed by atoms with Crippen LogP contribution < -0.4 is 0 Å². The molecule has 0 radical (unpaired) electrons. The van der Waals surface area contributed by atoms with Crippen molar-refractivity contribution in [1.82, 2.24) is 29.5 Å². The molecule has 0 bridgehead atoms. The van der Waals surface area contributed by atoms with E-state index in [1.807, 2.05) is 36.3 Å². The number of rotatable bonds is 2. The summed E-state index contributed by atoms with van der Waals surface area (Å²) in [7, 11) is 0. The average molecular weight is 398 g/mol. The molecule has 0 unspecified atom stereocenters. The molecule has 0 aliphatic carbocycles. The Morgan fingerprint density at radius 3 is 2.69 bits per heavy atom. The van der Waals surface area contributed by atoms with E-state index in [1.54, 1.807) is 23.2 Å². The first-order valence-corrected chi connectivity index (χ1v) is 9.95. The highest BCUT2D eigenvalue weighted by atomic mass is 16.6. The number of ether oxygens (including phenoxy) is 1. The number of carbonyl (C=O) groups is 2. The molecule has 154 valence electrons. The van der Waals surface area contributed by atoms with Crippen molar-refractivity contribution in [2.45, 2.75) is 58.3 Å². The number of likely N-dealkylation sites (tertiary alicyclic amines) is 1. The lowest BCUT2D eigenvalue weighted by molar-refractivity contribution is 0.0193. The van der Waals surface area contributed by atoms with Crippen molar-refractivity contribution >= 4 is 12.0 Å². The molecule has 2 aliphatic rings. The molecule has 2 aromatic heterocycles. The monoisotopic (exact) mass is 398 g/mol. The van der Waals surface area contributed by atoms with Crippen molar-refractivity contribution in [2.75, 3.05) is 13.1 Å². The van der Waals surface area contributed by atoms with Gasteiger partial charge in [-0.15, -0.1) is 10.2 Å². The standard InChI is InChI=1S/C20H26N6O3/c1-20(2,3)29-19(28)24-11-12-26-16(13-24)22-23-17(26)15-8-6-10-25(15)18(27)14-7-4-5-9-21-14/h4-5,7,9,15H,6,8,10-13H2,1-3H3/t15-/m0/s1. The molecule has 1 atom stereocenters. The van der Waals surface area contributed by atoms with Gasteiger partial charge in [-0.3, -0.25) is 14.7 Å². The van der Waals surface area contributed by atoms with Gasteiger partial charge in [-0.2, -0.15) is 0 Å². The van der Waals surface area contributed by atoms with Crippen LogP contribution in [0, 0.1) is 0 Å². The van der Waals surface area contributed by atoms with E-state index in [9.17, 15) is 9.59 Å². The molecule has 2 aromatic rings. The minimum atomic E-state index is -0.538. The van der Waals surface area contributed by atoms with Gasteiger partial charge in [-0.1, -0.05) is 6.07 Å². The van der Waals surface area contributed by atoms with Crippen molar-refractivity contribution in [3.63, 3.8) is 0 Å². The molecule has 29 heavy (non-hydrogen) atoms. The smallest absolute Gasteiger partial charge is 0.410 e. The van der Waals surface area contributed by atoms with E-state index in [1.165, 1.54) is 0 Å². The lowest BCUT2D eigenvalue weighted by atomic mass is 10.2. The molecule has 2 aliphatic heterocycles. The van der Waals surface area contributed by atoms with Crippen LogP contribution in [0.4, 0.5) is 4.79 Å². The van der Waals surface area contributed by atoms with E-state index < -0.39 is 5.60 Å². The lowest BCUT2D eigenvalue weighted by Gasteiger charge is -2.31. The topological polar surface area (TPSA) is 93.5 Å². The summed E-state index contributed by atoms with van der Waals surface area (Å²) in [6, 6.07) is 5.22. The lowest BCUT2D eigenvalue weighted by Crippen LogP contribution is -2.42. The van der Waals surface area contributed by atoms with Crippen LogP contribution in [0.2, 0.25) is 0 Å². The minimum absolute atomic E-state index is 0.0864.